The highest BCUT2D eigenvalue weighted by Gasteiger charge is 2.48. The summed E-state index contributed by atoms with van der Waals surface area (Å²) < 4.78 is 5.62. The summed E-state index contributed by atoms with van der Waals surface area (Å²) in [4.78, 5) is 25.7. The molecule has 27 heavy (non-hydrogen) atoms. The van der Waals surface area contributed by atoms with Crippen LogP contribution < -0.4 is 0 Å². The van der Waals surface area contributed by atoms with Gasteiger partial charge in [0, 0.05) is 12.5 Å². The predicted octanol–water partition coefficient (Wildman–Crippen LogP) is 4.12. The van der Waals surface area contributed by atoms with Gasteiger partial charge in [-0.3, -0.25) is 4.90 Å². The lowest BCUT2D eigenvalue weighted by Gasteiger charge is -2.28. The van der Waals surface area contributed by atoms with E-state index in [1.54, 1.807) is 0 Å². The molecule has 4 rings (SSSR count). The number of likely N-dealkylation sites (tertiary alicyclic amines) is 1. The van der Waals surface area contributed by atoms with Crippen LogP contribution in [0.3, 0.4) is 0 Å². The zero-order valence-electron chi connectivity index (χ0n) is 15.5. The van der Waals surface area contributed by atoms with E-state index < -0.39 is 23.5 Å². The molecule has 0 bridgehead atoms. The lowest BCUT2D eigenvalue weighted by molar-refractivity contribution is -0.144. The Morgan fingerprint density at radius 2 is 1.63 bits per heavy atom. The number of hydrogen-bond donors (Lipinski definition) is 1. The van der Waals surface area contributed by atoms with Crippen molar-refractivity contribution >= 4 is 12.1 Å². The average Bonchev–Trinajstić information content (AvgIpc) is 3.14. The molecule has 1 saturated heterocycles. The van der Waals surface area contributed by atoms with Gasteiger partial charge in [-0.05, 0) is 34.1 Å². The van der Waals surface area contributed by atoms with Crippen LogP contribution in [-0.4, -0.2) is 41.3 Å². The molecule has 5 nitrogen and oxygen atoms in total. The Hall–Kier alpha value is -2.82. The molecule has 2 aromatic carbocycles. The molecule has 0 spiro atoms. The van der Waals surface area contributed by atoms with E-state index in [1.165, 1.54) is 16.0 Å². The second-order valence-corrected chi connectivity index (χ2v) is 7.98. The first-order chi connectivity index (χ1) is 12.9. The Labute approximate surface area is 158 Å². The Morgan fingerprint density at radius 1 is 1.07 bits per heavy atom. The molecule has 5 heteroatoms. The van der Waals surface area contributed by atoms with Gasteiger partial charge < -0.3 is 9.84 Å². The number of aliphatic carboxylic acids is 1. The number of carbonyl (C=O) groups excluding carboxylic acids is 1. The van der Waals surface area contributed by atoms with E-state index in [-0.39, 0.29) is 12.5 Å². The summed E-state index contributed by atoms with van der Waals surface area (Å²) in [5.74, 6) is -1.01. The first-order valence-corrected chi connectivity index (χ1v) is 9.24. The Morgan fingerprint density at radius 3 is 2.19 bits per heavy atom. The van der Waals surface area contributed by atoms with Crippen molar-refractivity contribution < 1.29 is 19.4 Å². The molecule has 1 fully saturated rings. The van der Waals surface area contributed by atoms with Crippen LogP contribution in [0.1, 0.15) is 37.3 Å². The lowest BCUT2D eigenvalue weighted by Crippen LogP contribution is -2.46. The third-order valence-electron chi connectivity index (χ3n) is 5.85. The van der Waals surface area contributed by atoms with Crippen molar-refractivity contribution in [2.75, 3.05) is 13.2 Å². The van der Waals surface area contributed by atoms with E-state index in [9.17, 15) is 14.7 Å². The molecule has 0 aromatic heterocycles. The zero-order chi connectivity index (χ0) is 19.2. The summed E-state index contributed by atoms with van der Waals surface area (Å²) in [5, 5.41) is 9.56. The summed E-state index contributed by atoms with van der Waals surface area (Å²) in [6, 6.07) is 15.4. The highest BCUT2D eigenvalue weighted by Crippen LogP contribution is 2.44. The highest BCUT2D eigenvalue weighted by atomic mass is 16.6. The fraction of sp³-hybridized carbons (Fsp3) is 0.364. The average molecular weight is 365 g/mol. The Balaban J connectivity index is 1.54. The van der Waals surface area contributed by atoms with Crippen LogP contribution in [0.4, 0.5) is 4.79 Å². The fourth-order valence-electron chi connectivity index (χ4n) is 4.44. The summed E-state index contributed by atoms with van der Waals surface area (Å²) in [5.41, 5.74) is 4.16. The largest absolute Gasteiger partial charge is 0.480 e. The van der Waals surface area contributed by atoms with Crippen LogP contribution in [0.25, 0.3) is 11.1 Å². The molecular formula is C22H23NO4. The second-order valence-electron chi connectivity index (χ2n) is 7.98. The van der Waals surface area contributed by atoms with Crippen molar-refractivity contribution in [2.45, 2.75) is 32.2 Å². The maximum atomic E-state index is 12.7. The first-order valence-electron chi connectivity index (χ1n) is 9.24. The second kappa shape index (κ2) is 6.41. The van der Waals surface area contributed by atoms with Gasteiger partial charge in [0.15, 0.2) is 0 Å². The van der Waals surface area contributed by atoms with Gasteiger partial charge in [0.2, 0.25) is 0 Å². The minimum absolute atomic E-state index is 0.0276. The van der Waals surface area contributed by atoms with E-state index in [1.807, 2.05) is 38.1 Å². The number of nitrogens with zero attached hydrogens (tertiary/aromatic N) is 1. The standard InChI is InChI=1S/C22H23NO4/c1-22(2)11-12-23(19(22)20(24)25)21(26)27-13-18-16-9-5-3-7-14(16)15-8-4-6-10-17(15)18/h3-10,18-19H,11-13H2,1-2H3,(H,24,25)/t19-/m0/s1. The predicted molar refractivity (Wildman–Crippen MR) is 102 cm³/mol. The van der Waals surface area contributed by atoms with Crippen molar-refractivity contribution in [3.63, 3.8) is 0 Å². The monoisotopic (exact) mass is 365 g/mol. The maximum Gasteiger partial charge on any atom is 0.410 e. The van der Waals surface area contributed by atoms with Crippen molar-refractivity contribution in [1.82, 2.24) is 4.90 Å². The van der Waals surface area contributed by atoms with E-state index in [4.69, 9.17) is 4.74 Å². The third kappa shape index (κ3) is 2.87. The third-order valence-corrected chi connectivity index (χ3v) is 5.85. The minimum Gasteiger partial charge on any atom is -0.480 e. The number of amides is 1. The van der Waals surface area contributed by atoms with Crippen molar-refractivity contribution in [3.05, 3.63) is 59.7 Å². The van der Waals surface area contributed by atoms with Crippen LogP contribution in [0.5, 0.6) is 0 Å². The number of rotatable bonds is 3. The smallest absolute Gasteiger partial charge is 0.410 e. The number of benzene rings is 2. The maximum absolute atomic E-state index is 12.7. The number of carboxylic acids is 1. The summed E-state index contributed by atoms with van der Waals surface area (Å²) in [6.45, 7) is 4.36. The molecule has 2 aliphatic rings. The molecule has 0 unspecified atom stereocenters. The quantitative estimate of drug-likeness (QED) is 0.888. The van der Waals surface area contributed by atoms with Crippen molar-refractivity contribution in [3.8, 4) is 11.1 Å². The number of carbonyl (C=O) groups is 2. The van der Waals surface area contributed by atoms with Gasteiger partial charge >= 0.3 is 12.1 Å². The van der Waals surface area contributed by atoms with E-state index in [0.717, 1.165) is 11.1 Å². The van der Waals surface area contributed by atoms with E-state index >= 15 is 0 Å². The van der Waals surface area contributed by atoms with Crippen LogP contribution in [-0.2, 0) is 9.53 Å². The number of fused-ring (bicyclic) bond motifs is 3. The minimum atomic E-state index is -0.981. The van der Waals surface area contributed by atoms with Gasteiger partial charge in [0.05, 0.1) is 0 Å². The number of ether oxygens (including phenoxy) is 1. The molecule has 1 N–H and O–H groups in total. The zero-order valence-corrected chi connectivity index (χ0v) is 15.5. The van der Waals surface area contributed by atoms with Crippen molar-refractivity contribution in [2.24, 2.45) is 5.41 Å². The van der Waals surface area contributed by atoms with Gasteiger partial charge in [0.25, 0.3) is 0 Å². The number of carboxylic acid groups (broad SMARTS) is 1. The van der Waals surface area contributed by atoms with Gasteiger partial charge in [-0.1, -0.05) is 62.4 Å². The van der Waals surface area contributed by atoms with Gasteiger partial charge in [0.1, 0.15) is 12.6 Å². The molecule has 0 saturated carbocycles. The molecule has 140 valence electrons. The van der Waals surface area contributed by atoms with Crippen LogP contribution >= 0.6 is 0 Å². The first kappa shape index (κ1) is 17.6. The van der Waals surface area contributed by atoms with E-state index in [2.05, 4.69) is 24.3 Å². The SMILES string of the molecule is CC1(C)CCN(C(=O)OCC2c3ccccc3-c3ccccc32)[C@H]1C(=O)O. The van der Waals surface area contributed by atoms with Gasteiger partial charge in [-0.15, -0.1) is 0 Å². The molecule has 2 aromatic rings. The lowest BCUT2D eigenvalue weighted by atomic mass is 9.85. The van der Waals surface area contributed by atoms with Crippen LogP contribution in [0.2, 0.25) is 0 Å². The number of hydrogen-bond acceptors (Lipinski definition) is 3. The summed E-state index contributed by atoms with van der Waals surface area (Å²) in [6.07, 6.45) is 0.101. The van der Waals surface area contributed by atoms with E-state index in [0.29, 0.717) is 13.0 Å². The molecule has 1 amide bonds. The van der Waals surface area contributed by atoms with Gasteiger partial charge in [-0.2, -0.15) is 0 Å². The normalized spacial score (nSPS) is 20.2. The van der Waals surface area contributed by atoms with Crippen LogP contribution in [0.15, 0.2) is 48.5 Å². The molecule has 0 radical (unpaired) electrons. The molecule has 1 heterocycles. The summed E-state index contributed by atoms with van der Waals surface area (Å²) >= 11 is 0. The topological polar surface area (TPSA) is 66.8 Å². The van der Waals surface area contributed by atoms with Gasteiger partial charge in [-0.25, -0.2) is 9.59 Å². The molecular weight excluding hydrogens is 342 g/mol. The van der Waals surface area contributed by atoms with Crippen molar-refractivity contribution in [1.29, 1.82) is 0 Å². The highest BCUT2D eigenvalue weighted by molar-refractivity contribution is 5.82. The molecule has 1 aliphatic carbocycles. The Kier molecular flexibility index (Phi) is 4.17. The molecule has 1 atom stereocenters. The fourth-order valence-corrected chi connectivity index (χ4v) is 4.44. The molecule has 1 aliphatic heterocycles. The summed E-state index contributed by atoms with van der Waals surface area (Å²) in [7, 11) is 0. The van der Waals surface area contributed by atoms with Crippen LogP contribution in [0, 0.1) is 5.41 Å². The Bertz CT molecular complexity index is 859.